The van der Waals surface area contributed by atoms with Crippen molar-refractivity contribution in [1.82, 2.24) is 10.3 Å². The van der Waals surface area contributed by atoms with Crippen LogP contribution in [0.3, 0.4) is 0 Å². The number of rotatable bonds is 8. The van der Waals surface area contributed by atoms with Crippen LogP contribution in [0.2, 0.25) is 0 Å². The van der Waals surface area contributed by atoms with Gasteiger partial charge in [-0.3, -0.25) is 10.2 Å². The number of hydrogen-bond acceptors (Lipinski definition) is 4. The first-order valence-corrected chi connectivity index (χ1v) is 10.5. The number of hydrazine groups is 1. The van der Waals surface area contributed by atoms with E-state index in [9.17, 15) is 13.2 Å². The molecule has 0 radical (unpaired) electrons. The summed E-state index contributed by atoms with van der Waals surface area (Å²) >= 11 is 1.34. The van der Waals surface area contributed by atoms with Gasteiger partial charge in [0.1, 0.15) is 0 Å². The molecule has 2 rings (SSSR count). The maximum atomic E-state index is 12.2. The van der Waals surface area contributed by atoms with Crippen molar-refractivity contribution in [3.05, 3.63) is 59.7 Å². The minimum absolute atomic E-state index is 0.124. The van der Waals surface area contributed by atoms with Crippen LogP contribution < -0.4 is 10.3 Å². The molecule has 5 nitrogen and oxygen atoms in total. The van der Waals surface area contributed by atoms with Crippen molar-refractivity contribution in [1.29, 1.82) is 0 Å². The van der Waals surface area contributed by atoms with Gasteiger partial charge < -0.3 is 0 Å². The number of thioether (sulfide) groups is 1. The molecule has 0 saturated heterocycles. The molecule has 0 bridgehead atoms. The van der Waals surface area contributed by atoms with Crippen LogP contribution in [0.15, 0.2) is 58.3 Å². The molecule has 0 aliphatic rings. The molecule has 0 atom stereocenters. The lowest BCUT2D eigenvalue weighted by Gasteiger charge is -2.09. The molecule has 0 fully saturated rings. The van der Waals surface area contributed by atoms with Gasteiger partial charge >= 0.3 is 0 Å². The summed E-state index contributed by atoms with van der Waals surface area (Å²) in [5.41, 5.74) is 4.47. The summed E-state index contributed by atoms with van der Waals surface area (Å²) in [7, 11) is -3.77. The largest absolute Gasteiger partial charge is 0.277 e. The second-order valence-corrected chi connectivity index (χ2v) is 8.38. The maximum Gasteiger partial charge on any atom is 0.257 e. The summed E-state index contributed by atoms with van der Waals surface area (Å²) in [6, 6.07) is 14.4. The number of carbonyl (C=O) groups is 1. The maximum absolute atomic E-state index is 12.2. The third kappa shape index (κ3) is 6.19. The second kappa shape index (κ2) is 9.03. The molecule has 2 aromatic rings. The van der Waals surface area contributed by atoms with E-state index in [4.69, 9.17) is 0 Å². The smallest absolute Gasteiger partial charge is 0.257 e. The first kappa shape index (κ1) is 19.5. The Morgan fingerprint density at radius 2 is 1.68 bits per heavy atom. The molecule has 134 valence electrons. The number of sulfonamides is 1. The Bertz CT molecular complexity index is 801. The molecule has 2 N–H and O–H groups in total. The third-order valence-electron chi connectivity index (χ3n) is 3.49. The van der Waals surface area contributed by atoms with Gasteiger partial charge in [-0.25, -0.2) is 8.42 Å². The molecule has 0 spiro atoms. The van der Waals surface area contributed by atoms with Crippen LogP contribution in [0, 0.1) is 6.92 Å². The van der Waals surface area contributed by atoms with E-state index in [1.165, 1.54) is 11.8 Å². The van der Waals surface area contributed by atoms with E-state index in [1.807, 2.05) is 31.2 Å². The van der Waals surface area contributed by atoms with Gasteiger partial charge in [-0.15, -0.1) is 16.6 Å². The summed E-state index contributed by atoms with van der Waals surface area (Å²) in [5, 5.41) is 0. The standard InChI is InChI=1S/C18H22N2O3S2/c1-3-4-15-7-11-17(12-8-15)25(22,23)20-19-18(21)13-24-16-9-5-14(2)6-10-16/h5-12,20H,3-4,13H2,1-2H3,(H,19,21). The molecule has 0 aliphatic carbocycles. The van der Waals surface area contributed by atoms with Crippen LogP contribution in [0.5, 0.6) is 0 Å². The molecule has 0 saturated carbocycles. The quantitative estimate of drug-likeness (QED) is 0.547. The molecule has 25 heavy (non-hydrogen) atoms. The van der Waals surface area contributed by atoms with Gasteiger partial charge in [0.15, 0.2) is 0 Å². The van der Waals surface area contributed by atoms with E-state index in [-0.39, 0.29) is 10.6 Å². The van der Waals surface area contributed by atoms with Crippen molar-refractivity contribution in [2.24, 2.45) is 0 Å². The topological polar surface area (TPSA) is 75.3 Å². The van der Waals surface area contributed by atoms with Crippen molar-refractivity contribution < 1.29 is 13.2 Å². The number of benzene rings is 2. The monoisotopic (exact) mass is 378 g/mol. The Hall–Kier alpha value is -1.83. The fourth-order valence-corrected chi connectivity index (χ4v) is 3.69. The van der Waals surface area contributed by atoms with Crippen LogP contribution in [-0.2, 0) is 21.2 Å². The lowest BCUT2D eigenvalue weighted by molar-refractivity contribution is -0.119. The first-order valence-electron chi connectivity index (χ1n) is 8.00. The van der Waals surface area contributed by atoms with Gasteiger partial charge in [0.05, 0.1) is 10.6 Å². The molecule has 7 heteroatoms. The average Bonchev–Trinajstić information content (AvgIpc) is 2.60. The predicted molar refractivity (Wildman–Crippen MR) is 101 cm³/mol. The number of carbonyl (C=O) groups excluding carboxylic acids is 1. The second-order valence-electron chi connectivity index (χ2n) is 5.65. The summed E-state index contributed by atoms with van der Waals surface area (Å²) in [5.74, 6) is -0.280. The zero-order valence-corrected chi connectivity index (χ0v) is 15.9. The number of aryl methyl sites for hydroxylation is 2. The van der Waals surface area contributed by atoms with Gasteiger partial charge in [-0.1, -0.05) is 43.2 Å². The van der Waals surface area contributed by atoms with E-state index in [0.29, 0.717) is 0 Å². The number of amides is 1. The number of hydrogen-bond donors (Lipinski definition) is 2. The van der Waals surface area contributed by atoms with Crippen LogP contribution in [-0.4, -0.2) is 20.1 Å². The van der Waals surface area contributed by atoms with E-state index >= 15 is 0 Å². The average molecular weight is 379 g/mol. The highest BCUT2D eigenvalue weighted by molar-refractivity contribution is 8.00. The normalized spacial score (nSPS) is 11.3. The first-order chi connectivity index (χ1) is 11.9. The van der Waals surface area contributed by atoms with Gasteiger partial charge in [0.2, 0.25) is 5.91 Å². The summed E-state index contributed by atoms with van der Waals surface area (Å²) in [4.78, 5) is 15.1. The third-order valence-corrected chi connectivity index (χ3v) is 5.76. The van der Waals surface area contributed by atoms with E-state index < -0.39 is 15.9 Å². The molecule has 1 amide bonds. The SMILES string of the molecule is CCCc1ccc(S(=O)(=O)NNC(=O)CSc2ccc(C)cc2)cc1. The Morgan fingerprint density at radius 1 is 1.04 bits per heavy atom. The lowest BCUT2D eigenvalue weighted by Crippen LogP contribution is -2.42. The van der Waals surface area contributed by atoms with Crippen LogP contribution in [0.4, 0.5) is 0 Å². The summed E-state index contributed by atoms with van der Waals surface area (Å²) < 4.78 is 24.4. The molecule has 0 heterocycles. The molecule has 0 aliphatic heterocycles. The van der Waals surface area contributed by atoms with Crippen LogP contribution in [0.1, 0.15) is 24.5 Å². The van der Waals surface area contributed by atoms with Crippen molar-refractivity contribution in [3.63, 3.8) is 0 Å². The molecule has 0 aromatic heterocycles. The van der Waals surface area contributed by atoms with E-state index in [0.717, 1.165) is 28.9 Å². The van der Waals surface area contributed by atoms with Gasteiger partial charge in [0.25, 0.3) is 10.0 Å². The fraction of sp³-hybridized carbons (Fsp3) is 0.278. The Kier molecular flexibility index (Phi) is 7.04. The minimum Gasteiger partial charge on any atom is -0.277 e. The molecular weight excluding hydrogens is 356 g/mol. The Labute approximate surface area is 153 Å². The lowest BCUT2D eigenvalue weighted by atomic mass is 10.1. The molecular formula is C18H22N2O3S2. The number of nitrogens with one attached hydrogen (secondary N) is 2. The molecule has 0 unspecified atom stereocenters. The molecule has 2 aromatic carbocycles. The highest BCUT2D eigenvalue weighted by Gasteiger charge is 2.15. The van der Waals surface area contributed by atoms with Crippen molar-refractivity contribution in [3.8, 4) is 0 Å². The highest BCUT2D eigenvalue weighted by Crippen LogP contribution is 2.17. The Morgan fingerprint density at radius 3 is 2.28 bits per heavy atom. The zero-order valence-electron chi connectivity index (χ0n) is 14.3. The predicted octanol–water partition coefficient (Wildman–Crippen LogP) is 3.05. The summed E-state index contributed by atoms with van der Waals surface area (Å²) in [6.07, 6.45) is 1.90. The van der Waals surface area contributed by atoms with E-state index in [2.05, 4.69) is 17.2 Å². The van der Waals surface area contributed by atoms with Gasteiger partial charge in [-0.2, -0.15) is 0 Å². The van der Waals surface area contributed by atoms with Crippen molar-refractivity contribution in [2.45, 2.75) is 36.5 Å². The Balaban J connectivity index is 1.85. The van der Waals surface area contributed by atoms with Crippen LogP contribution in [0.25, 0.3) is 0 Å². The van der Waals surface area contributed by atoms with Gasteiger partial charge in [-0.05, 0) is 43.2 Å². The van der Waals surface area contributed by atoms with Crippen LogP contribution >= 0.6 is 11.8 Å². The van der Waals surface area contributed by atoms with E-state index in [1.54, 1.807) is 24.3 Å². The zero-order chi connectivity index (χ0) is 18.3. The van der Waals surface area contributed by atoms with Crippen molar-refractivity contribution in [2.75, 3.05) is 5.75 Å². The van der Waals surface area contributed by atoms with Gasteiger partial charge in [0, 0.05) is 4.90 Å². The highest BCUT2D eigenvalue weighted by atomic mass is 32.2. The minimum atomic E-state index is -3.77. The summed E-state index contributed by atoms with van der Waals surface area (Å²) in [6.45, 7) is 4.06. The fourth-order valence-electron chi connectivity index (χ4n) is 2.13. The van der Waals surface area contributed by atoms with Crippen molar-refractivity contribution >= 4 is 27.7 Å².